The molecule has 0 aliphatic carbocycles. The fraction of sp³-hybridized carbons (Fsp3) is 0.273. The maximum absolute atomic E-state index is 11.5. The molecular weight excluding hydrogens is 155 g/mol. The number of hydrogen-bond donors (Lipinski definition) is 0. The van der Waals surface area contributed by atoms with Crippen LogP contribution >= 0.6 is 0 Å². The van der Waals surface area contributed by atoms with Crippen LogP contribution in [0.3, 0.4) is 0 Å². The molecule has 0 saturated heterocycles. The molecule has 0 aliphatic rings. The monoisotopic (exact) mass is 168 g/mol. The van der Waals surface area contributed by atoms with E-state index in [4.69, 9.17) is 0 Å². The van der Waals surface area contributed by atoms with Gasteiger partial charge >= 0.3 is 18.9 Å². The summed E-state index contributed by atoms with van der Waals surface area (Å²) in [5, 5.41) is 11.5. The van der Waals surface area contributed by atoms with Crippen LogP contribution < -0.4 is 24.0 Å². The Bertz CT molecular complexity index is 269. The second-order valence-electron chi connectivity index (χ2n) is 3.34. The van der Waals surface area contributed by atoms with Crippen LogP contribution in [-0.2, 0) is 5.60 Å². The van der Waals surface area contributed by atoms with E-state index < -0.39 is 5.60 Å². The van der Waals surface area contributed by atoms with Gasteiger partial charge in [-0.25, -0.2) is 0 Å². The third kappa shape index (κ3) is 3.40. The van der Waals surface area contributed by atoms with Crippen molar-refractivity contribution < 1.29 is 24.0 Å². The number of benzene rings is 1. The first kappa shape index (κ1) is 12.5. The first-order valence-corrected chi connectivity index (χ1v) is 3.97. The second-order valence-corrected chi connectivity index (χ2v) is 3.34. The molecule has 13 heavy (non-hydrogen) atoms. The molecule has 1 rings (SSSR count). The van der Waals surface area contributed by atoms with E-state index in [9.17, 15) is 5.11 Å². The summed E-state index contributed by atoms with van der Waals surface area (Å²) in [5.74, 6) is 0. The molecule has 0 aromatic heterocycles. The minimum atomic E-state index is -1.00. The molecule has 0 bridgehead atoms. The largest absolute Gasteiger partial charge is 1.00 e. The summed E-state index contributed by atoms with van der Waals surface area (Å²) in [6.07, 6.45) is 1.77. The van der Waals surface area contributed by atoms with Crippen LogP contribution in [0.25, 0.3) is 6.08 Å². The summed E-state index contributed by atoms with van der Waals surface area (Å²) in [5.41, 5.74) is 0.857. The minimum absolute atomic E-state index is 0. The van der Waals surface area contributed by atoms with Gasteiger partial charge in [0.15, 0.2) is 0 Å². The van der Waals surface area contributed by atoms with Gasteiger partial charge in [0.25, 0.3) is 0 Å². The molecule has 0 unspecified atom stereocenters. The van der Waals surface area contributed by atoms with Crippen molar-refractivity contribution in [3.63, 3.8) is 0 Å². The molecule has 1 nitrogen and oxygen atoms in total. The normalized spacial score (nSPS) is 10.4. The molecule has 0 aliphatic heterocycles. The van der Waals surface area contributed by atoms with Gasteiger partial charge in [-0.3, -0.25) is 0 Å². The molecule has 2 heteroatoms. The Morgan fingerprint density at radius 2 is 1.69 bits per heavy atom. The number of rotatable bonds is 2. The molecule has 1 aromatic rings. The van der Waals surface area contributed by atoms with Crippen LogP contribution in [0.15, 0.2) is 30.8 Å². The Balaban J connectivity index is 0.00000144. The number of hydrogen-bond acceptors (Lipinski definition) is 1. The van der Waals surface area contributed by atoms with Crippen molar-refractivity contribution >= 4 is 6.08 Å². The zero-order chi connectivity index (χ0) is 9.19. The third-order valence-electron chi connectivity index (χ3n) is 1.84. The van der Waals surface area contributed by atoms with Crippen LogP contribution in [0, 0.1) is 0 Å². The van der Waals surface area contributed by atoms with Gasteiger partial charge in [-0.15, -0.1) is 0 Å². The predicted octanol–water partition coefficient (Wildman–Crippen LogP) is -1.07. The Kier molecular flexibility index (Phi) is 4.50. The van der Waals surface area contributed by atoms with Crippen LogP contribution in [-0.4, -0.2) is 0 Å². The molecule has 64 valence electrons. The maximum atomic E-state index is 11.5. The Morgan fingerprint density at radius 1 is 1.23 bits per heavy atom. The average molecular weight is 168 g/mol. The second kappa shape index (κ2) is 4.67. The average Bonchev–Trinajstić information content (AvgIpc) is 2.03. The standard InChI is InChI=1S/C11H13O.Li/c1-4-9-5-7-10(8-6-9)11(2,3)12;/h4-8H,1H2,2-3H3;/q-1;+1. The zero-order valence-corrected chi connectivity index (χ0v) is 8.50. The summed E-state index contributed by atoms with van der Waals surface area (Å²) in [4.78, 5) is 0. The van der Waals surface area contributed by atoms with Crippen LogP contribution in [0.5, 0.6) is 0 Å². The fourth-order valence-corrected chi connectivity index (χ4v) is 1.02. The summed E-state index contributed by atoms with van der Waals surface area (Å²) in [6.45, 7) is 6.97. The van der Waals surface area contributed by atoms with Gasteiger partial charge in [-0.05, 0) is 5.56 Å². The quantitative estimate of drug-likeness (QED) is 0.516. The van der Waals surface area contributed by atoms with E-state index in [2.05, 4.69) is 6.58 Å². The molecule has 0 heterocycles. The maximum Gasteiger partial charge on any atom is 1.00 e. The first-order chi connectivity index (χ1) is 5.54. The van der Waals surface area contributed by atoms with E-state index in [1.54, 1.807) is 19.9 Å². The van der Waals surface area contributed by atoms with Gasteiger partial charge in [0.2, 0.25) is 0 Å². The Labute approximate surface area is 91.7 Å². The van der Waals surface area contributed by atoms with Crippen molar-refractivity contribution in [3.8, 4) is 0 Å². The van der Waals surface area contributed by atoms with Gasteiger partial charge in [0.05, 0.1) is 0 Å². The van der Waals surface area contributed by atoms with Crippen molar-refractivity contribution in [2.75, 3.05) is 0 Å². The molecule has 0 spiro atoms. The van der Waals surface area contributed by atoms with Gasteiger partial charge in [0, 0.05) is 0 Å². The summed E-state index contributed by atoms with van der Waals surface area (Å²) >= 11 is 0. The van der Waals surface area contributed by atoms with E-state index in [-0.39, 0.29) is 18.9 Å². The summed E-state index contributed by atoms with van der Waals surface area (Å²) in [7, 11) is 0. The molecular formula is C11H13LiO. The van der Waals surface area contributed by atoms with Crippen molar-refractivity contribution in [1.82, 2.24) is 0 Å². The molecule has 0 amide bonds. The molecule has 0 atom stereocenters. The van der Waals surface area contributed by atoms with Crippen LogP contribution in [0.4, 0.5) is 0 Å². The van der Waals surface area contributed by atoms with Gasteiger partial charge in [-0.1, -0.05) is 61.9 Å². The van der Waals surface area contributed by atoms with Gasteiger partial charge < -0.3 is 5.11 Å². The molecule has 0 N–H and O–H groups in total. The minimum Gasteiger partial charge on any atom is -0.846 e. The molecule has 0 radical (unpaired) electrons. The SMILES string of the molecule is C=Cc1ccc(C(C)(C)[O-])cc1.[Li+]. The van der Waals surface area contributed by atoms with E-state index in [1.807, 2.05) is 24.3 Å². The van der Waals surface area contributed by atoms with E-state index >= 15 is 0 Å². The van der Waals surface area contributed by atoms with E-state index in [0.29, 0.717) is 0 Å². The smallest absolute Gasteiger partial charge is 0.846 e. The van der Waals surface area contributed by atoms with Crippen molar-refractivity contribution in [2.45, 2.75) is 19.4 Å². The van der Waals surface area contributed by atoms with Crippen molar-refractivity contribution in [1.29, 1.82) is 0 Å². The first-order valence-electron chi connectivity index (χ1n) is 3.97. The topological polar surface area (TPSA) is 23.1 Å². The van der Waals surface area contributed by atoms with Gasteiger partial charge in [-0.2, -0.15) is 0 Å². The molecule has 0 fully saturated rings. The third-order valence-corrected chi connectivity index (χ3v) is 1.84. The predicted molar refractivity (Wildman–Crippen MR) is 49.6 cm³/mol. The molecule has 0 saturated carbocycles. The molecule has 1 aromatic carbocycles. The van der Waals surface area contributed by atoms with E-state index in [1.165, 1.54) is 0 Å². The Hall–Kier alpha value is -0.483. The van der Waals surface area contributed by atoms with Gasteiger partial charge in [0.1, 0.15) is 0 Å². The fourth-order valence-electron chi connectivity index (χ4n) is 1.02. The summed E-state index contributed by atoms with van der Waals surface area (Å²) in [6, 6.07) is 7.51. The summed E-state index contributed by atoms with van der Waals surface area (Å²) < 4.78 is 0. The van der Waals surface area contributed by atoms with Crippen molar-refractivity contribution in [2.24, 2.45) is 0 Å². The Morgan fingerprint density at radius 3 is 2.00 bits per heavy atom. The van der Waals surface area contributed by atoms with Crippen LogP contribution in [0.1, 0.15) is 25.0 Å². The van der Waals surface area contributed by atoms with E-state index in [0.717, 1.165) is 11.1 Å². The van der Waals surface area contributed by atoms with Crippen LogP contribution in [0.2, 0.25) is 0 Å². The zero-order valence-electron chi connectivity index (χ0n) is 8.50. The van der Waals surface area contributed by atoms with Crippen molar-refractivity contribution in [3.05, 3.63) is 42.0 Å².